The number of halogens is 2. The van der Waals surface area contributed by atoms with Crippen LogP contribution in [-0.2, 0) is 0 Å². The van der Waals surface area contributed by atoms with Crippen molar-refractivity contribution in [1.82, 2.24) is 9.99 Å². The Balaban J connectivity index is 1.81. The van der Waals surface area contributed by atoms with Crippen molar-refractivity contribution in [1.29, 1.82) is 0 Å². The molecule has 0 saturated heterocycles. The van der Waals surface area contributed by atoms with Crippen LogP contribution in [0.25, 0.3) is 5.69 Å². The summed E-state index contributed by atoms with van der Waals surface area (Å²) in [5.41, 5.74) is 8.68. The van der Waals surface area contributed by atoms with E-state index in [2.05, 4.69) is 98.7 Å². The predicted octanol–water partition coefficient (Wildman–Crippen LogP) is 5.53. The summed E-state index contributed by atoms with van der Waals surface area (Å²) in [5.74, 6) is -0.241. The minimum atomic E-state index is -0.241. The second kappa shape index (κ2) is 8.39. The van der Waals surface area contributed by atoms with Crippen molar-refractivity contribution in [3.05, 3.63) is 84.7 Å². The summed E-state index contributed by atoms with van der Waals surface area (Å²) in [6, 6.07) is 15.7. The van der Waals surface area contributed by atoms with Crippen molar-refractivity contribution < 1.29 is 4.79 Å². The van der Waals surface area contributed by atoms with Crippen LogP contribution < -0.4 is 5.43 Å². The van der Waals surface area contributed by atoms with E-state index in [1.54, 1.807) is 18.3 Å². The molecule has 3 aromatic rings. The number of carbonyl (C=O) groups is 1. The molecule has 0 unspecified atom stereocenters. The second-order valence-electron chi connectivity index (χ2n) is 6.30. The van der Waals surface area contributed by atoms with E-state index in [-0.39, 0.29) is 5.91 Å². The molecule has 0 aliphatic carbocycles. The Morgan fingerprint density at radius 2 is 1.93 bits per heavy atom. The molecule has 0 fully saturated rings. The van der Waals surface area contributed by atoms with Gasteiger partial charge in [-0.15, -0.1) is 0 Å². The molecule has 1 amide bonds. The molecule has 0 atom stereocenters. The molecule has 1 heterocycles. The van der Waals surface area contributed by atoms with Crippen LogP contribution in [0.15, 0.2) is 58.1 Å². The monoisotopic (exact) mass is 535 g/mol. The summed E-state index contributed by atoms with van der Waals surface area (Å²) in [4.78, 5) is 12.2. The highest BCUT2D eigenvalue weighted by Crippen LogP contribution is 2.22. The number of aromatic nitrogens is 1. The van der Waals surface area contributed by atoms with Crippen LogP contribution >= 0.6 is 38.5 Å². The first-order valence-electron chi connectivity index (χ1n) is 8.41. The van der Waals surface area contributed by atoms with Gasteiger partial charge in [0.05, 0.1) is 6.21 Å². The molecule has 2 aromatic carbocycles. The highest BCUT2D eigenvalue weighted by molar-refractivity contribution is 14.1. The molecule has 0 aliphatic heterocycles. The smallest absolute Gasteiger partial charge is 0.271 e. The molecule has 6 heteroatoms. The molecular weight excluding hydrogens is 517 g/mol. The molecule has 1 N–H and O–H groups in total. The number of nitrogens with one attached hydrogen (secondary N) is 1. The first-order valence-corrected chi connectivity index (χ1v) is 10.3. The fourth-order valence-electron chi connectivity index (χ4n) is 2.94. The molecule has 138 valence electrons. The normalized spacial score (nSPS) is 11.1. The van der Waals surface area contributed by atoms with Crippen LogP contribution in [0.3, 0.4) is 0 Å². The largest absolute Gasteiger partial charge is 0.318 e. The summed E-state index contributed by atoms with van der Waals surface area (Å²) in [7, 11) is 0. The topological polar surface area (TPSA) is 46.4 Å². The van der Waals surface area contributed by atoms with Gasteiger partial charge in [-0.25, -0.2) is 5.43 Å². The maximum atomic E-state index is 12.2. The van der Waals surface area contributed by atoms with E-state index < -0.39 is 0 Å². The predicted molar refractivity (Wildman–Crippen MR) is 122 cm³/mol. The fraction of sp³-hybridized carbons (Fsp3) is 0.143. The highest BCUT2D eigenvalue weighted by Gasteiger charge is 2.10. The number of amides is 1. The lowest BCUT2D eigenvalue weighted by Gasteiger charge is -2.11. The standard InChI is InChI=1S/C21H19BrIN3O/c1-13-9-19(7-8-20(13)23)26-14(2)10-17(15(26)3)12-24-25-21(27)16-5-4-6-18(22)11-16/h4-12H,1-3H3,(H,25,27)/b24-12-. The number of aryl methyl sites for hydroxylation is 2. The Kier molecular flexibility index (Phi) is 6.16. The van der Waals surface area contributed by atoms with Crippen molar-refractivity contribution in [2.24, 2.45) is 5.10 Å². The summed E-state index contributed by atoms with van der Waals surface area (Å²) >= 11 is 5.71. The molecule has 4 nitrogen and oxygen atoms in total. The quantitative estimate of drug-likeness (QED) is 0.266. The zero-order valence-electron chi connectivity index (χ0n) is 15.3. The molecule has 1 aromatic heterocycles. The lowest BCUT2D eigenvalue weighted by Crippen LogP contribution is -2.17. The van der Waals surface area contributed by atoms with E-state index in [0.717, 1.165) is 27.1 Å². The molecule has 3 rings (SSSR count). The fourth-order valence-corrected chi connectivity index (χ4v) is 3.67. The third-order valence-corrected chi connectivity index (χ3v) is 6.03. The number of carbonyl (C=O) groups excluding carboxylic acids is 1. The van der Waals surface area contributed by atoms with Crippen LogP contribution in [0.1, 0.15) is 32.9 Å². The van der Waals surface area contributed by atoms with Crippen molar-refractivity contribution >= 4 is 50.6 Å². The average molecular weight is 536 g/mol. The number of hydrazone groups is 1. The number of rotatable bonds is 4. The Morgan fingerprint density at radius 1 is 1.15 bits per heavy atom. The maximum absolute atomic E-state index is 12.2. The van der Waals surface area contributed by atoms with Gasteiger partial charge in [0.15, 0.2) is 0 Å². The van der Waals surface area contributed by atoms with Gasteiger partial charge in [-0.3, -0.25) is 4.79 Å². The summed E-state index contributed by atoms with van der Waals surface area (Å²) in [6.07, 6.45) is 1.69. The molecular formula is C21H19BrIN3O. The zero-order valence-corrected chi connectivity index (χ0v) is 19.0. The summed E-state index contributed by atoms with van der Waals surface area (Å²) in [6.45, 7) is 6.23. The molecule has 27 heavy (non-hydrogen) atoms. The first-order chi connectivity index (χ1) is 12.9. The minimum Gasteiger partial charge on any atom is -0.318 e. The second-order valence-corrected chi connectivity index (χ2v) is 8.38. The van der Waals surface area contributed by atoms with Gasteiger partial charge < -0.3 is 4.57 Å². The molecule has 0 bridgehead atoms. The first kappa shape index (κ1) is 19.8. The van der Waals surface area contributed by atoms with Crippen molar-refractivity contribution in [2.75, 3.05) is 0 Å². The van der Waals surface area contributed by atoms with Gasteiger partial charge >= 0.3 is 0 Å². The Hall–Kier alpha value is -1.93. The van der Waals surface area contributed by atoms with Gasteiger partial charge in [-0.2, -0.15) is 5.10 Å². The van der Waals surface area contributed by atoms with Gasteiger partial charge in [0, 0.05) is 36.2 Å². The molecule has 0 saturated carbocycles. The lowest BCUT2D eigenvalue weighted by molar-refractivity contribution is 0.0955. The Morgan fingerprint density at radius 3 is 2.63 bits per heavy atom. The average Bonchev–Trinajstić information content (AvgIpc) is 2.91. The van der Waals surface area contributed by atoms with E-state index in [4.69, 9.17) is 0 Å². The maximum Gasteiger partial charge on any atom is 0.271 e. The van der Waals surface area contributed by atoms with Gasteiger partial charge in [-0.1, -0.05) is 22.0 Å². The summed E-state index contributed by atoms with van der Waals surface area (Å²) in [5, 5.41) is 4.13. The number of benzene rings is 2. The number of hydrogen-bond donors (Lipinski definition) is 1. The highest BCUT2D eigenvalue weighted by atomic mass is 127. The van der Waals surface area contributed by atoms with E-state index in [1.165, 1.54) is 9.13 Å². The van der Waals surface area contributed by atoms with Crippen LogP contribution in [0, 0.1) is 24.3 Å². The third kappa shape index (κ3) is 4.50. The lowest BCUT2D eigenvalue weighted by atomic mass is 10.2. The number of nitrogens with zero attached hydrogens (tertiary/aromatic N) is 2. The van der Waals surface area contributed by atoms with Gasteiger partial charge in [0.1, 0.15) is 0 Å². The van der Waals surface area contributed by atoms with Gasteiger partial charge in [0.2, 0.25) is 0 Å². The SMILES string of the molecule is Cc1cc(-n2c(C)cc(/C=N\NC(=O)c3cccc(Br)c3)c2C)ccc1I. The van der Waals surface area contributed by atoms with E-state index in [0.29, 0.717) is 5.56 Å². The van der Waals surface area contributed by atoms with Crippen LogP contribution in [0.4, 0.5) is 0 Å². The molecule has 0 spiro atoms. The molecule has 0 radical (unpaired) electrons. The molecule has 0 aliphatic rings. The number of hydrogen-bond acceptors (Lipinski definition) is 2. The van der Waals surface area contributed by atoms with Crippen molar-refractivity contribution in [3.63, 3.8) is 0 Å². The van der Waals surface area contributed by atoms with Crippen molar-refractivity contribution in [3.8, 4) is 5.69 Å². The van der Waals surface area contributed by atoms with E-state index in [1.807, 2.05) is 12.1 Å². The Labute approximate surface area is 180 Å². The van der Waals surface area contributed by atoms with E-state index in [9.17, 15) is 4.79 Å². The van der Waals surface area contributed by atoms with Crippen LogP contribution in [-0.4, -0.2) is 16.7 Å². The van der Waals surface area contributed by atoms with Crippen molar-refractivity contribution in [2.45, 2.75) is 20.8 Å². The minimum absolute atomic E-state index is 0.241. The zero-order chi connectivity index (χ0) is 19.6. The van der Waals surface area contributed by atoms with Gasteiger partial charge in [0.25, 0.3) is 5.91 Å². The van der Waals surface area contributed by atoms with Gasteiger partial charge in [-0.05, 0) is 91.4 Å². The Bertz CT molecular complexity index is 1040. The van der Waals surface area contributed by atoms with E-state index >= 15 is 0 Å². The van der Waals surface area contributed by atoms with Crippen LogP contribution in [0.5, 0.6) is 0 Å². The third-order valence-electron chi connectivity index (χ3n) is 4.33. The van der Waals surface area contributed by atoms with Crippen LogP contribution in [0.2, 0.25) is 0 Å². The summed E-state index contributed by atoms with van der Waals surface area (Å²) < 4.78 is 4.30.